The maximum absolute atomic E-state index is 12.5. The van der Waals surface area contributed by atoms with Crippen LogP contribution in [0.5, 0.6) is 0 Å². The normalized spacial score (nSPS) is 12.1. The monoisotopic (exact) mass is 400 g/mol. The summed E-state index contributed by atoms with van der Waals surface area (Å²) in [4.78, 5) is 11.3. The van der Waals surface area contributed by atoms with E-state index in [0.717, 1.165) is 9.17 Å². The zero-order valence-electron chi connectivity index (χ0n) is 11.9. The zero-order chi connectivity index (χ0) is 15.1. The Bertz CT molecular complexity index is 596. The molecular weight excluding hydrogens is 380 g/mol. The van der Waals surface area contributed by atoms with E-state index in [1.807, 2.05) is 60.7 Å². The van der Waals surface area contributed by atoms with Crippen LogP contribution in [-0.2, 0) is 19.1 Å². The van der Waals surface area contributed by atoms with E-state index in [9.17, 15) is 7.90 Å². The third-order valence-corrected chi connectivity index (χ3v) is 7.18. The predicted octanol–water partition coefficient (Wildman–Crippen LogP) is 2.49. The number of benzene rings is 2. The molecule has 21 heavy (non-hydrogen) atoms. The Morgan fingerprint density at radius 1 is 1.05 bits per heavy atom. The minimum absolute atomic E-state index is 0.320. The first-order valence-electron chi connectivity index (χ1n) is 6.79. The van der Waals surface area contributed by atoms with Gasteiger partial charge in [0.15, 0.2) is 0 Å². The third kappa shape index (κ3) is 5.41. The standard InChI is InChI=1S/C17H18O3Te/c1-14(18)20-16(12-15-8-4-2-5-9-15)13-21(19)17-10-6-3-7-11-17/h2-11,16H,12-13H2,1H3. The van der Waals surface area contributed by atoms with Crippen LogP contribution in [-0.4, -0.2) is 31.6 Å². The molecule has 0 saturated heterocycles. The van der Waals surface area contributed by atoms with Crippen LogP contribution in [0.25, 0.3) is 0 Å². The first-order chi connectivity index (χ1) is 10.1. The van der Waals surface area contributed by atoms with Crippen molar-refractivity contribution in [1.29, 1.82) is 0 Å². The molecule has 0 heterocycles. The van der Waals surface area contributed by atoms with Crippen molar-refractivity contribution in [3.8, 4) is 0 Å². The summed E-state index contributed by atoms with van der Waals surface area (Å²) in [7, 11) is 0. The number of esters is 1. The summed E-state index contributed by atoms with van der Waals surface area (Å²) in [5, 5.41) is 0. The van der Waals surface area contributed by atoms with Crippen LogP contribution in [0, 0.1) is 0 Å². The second-order valence-electron chi connectivity index (χ2n) is 4.75. The van der Waals surface area contributed by atoms with Gasteiger partial charge in [0.25, 0.3) is 0 Å². The van der Waals surface area contributed by atoms with Crippen molar-refractivity contribution in [1.82, 2.24) is 0 Å². The topological polar surface area (TPSA) is 43.4 Å². The molecule has 0 amide bonds. The summed E-state index contributed by atoms with van der Waals surface area (Å²) < 4.78 is 19.2. The summed E-state index contributed by atoms with van der Waals surface area (Å²) in [6.07, 6.45) is 0.284. The van der Waals surface area contributed by atoms with Gasteiger partial charge in [-0.05, 0) is 0 Å². The van der Waals surface area contributed by atoms with Crippen LogP contribution in [0.2, 0.25) is 4.47 Å². The van der Waals surface area contributed by atoms with E-state index < -0.39 is 19.5 Å². The van der Waals surface area contributed by atoms with Crippen LogP contribution in [0.15, 0.2) is 60.7 Å². The molecule has 3 nitrogen and oxygen atoms in total. The van der Waals surface area contributed by atoms with Crippen molar-refractivity contribution >= 4 is 29.1 Å². The van der Waals surface area contributed by atoms with Crippen molar-refractivity contribution < 1.29 is 12.6 Å². The number of carbonyl (C=O) groups is 1. The molecule has 0 aliphatic heterocycles. The SMILES string of the molecule is CC(=O)OC(Cc1ccccc1)C[Te](=O)c1ccccc1. The Hall–Kier alpha value is -1.50. The van der Waals surface area contributed by atoms with Gasteiger partial charge in [0.05, 0.1) is 0 Å². The van der Waals surface area contributed by atoms with Crippen molar-refractivity contribution in [2.24, 2.45) is 0 Å². The van der Waals surface area contributed by atoms with E-state index in [-0.39, 0.29) is 12.1 Å². The van der Waals surface area contributed by atoms with Gasteiger partial charge in [0, 0.05) is 0 Å². The first kappa shape index (κ1) is 15.9. The molecular formula is C17H18O3Te. The number of ether oxygens (including phenoxy) is 1. The van der Waals surface area contributed by atoms with Gasteiger partial charge in [-0.3, -0.25) is 0 Å². The molecule has 1 unspecified atom stereocenters. The van der Waals surface area contributed by atoms with Gasteiger partial charge < -0.3 is 0 Å². The van der Waals surface area contributed by atoms with Gasteiger partial charge in [-0.15, -0.1) is 0 Å². The molecule has 0 aliphatic rings. The molecule has 0 fully saturated rings. The average Bonchev–Trinajstić information content (AvgIpc) is 2.48. The molecule has 0 N–H and O–H groups in total. The maximum atomic E-state index is 12.5. The van der Waals surface area contributed by atoms with E-state index in [0.29, 0.717) is 10.9 Å². The summed E-state index contributed by atoms with van der Waals surface area (Å²) >= 11 is -2.67. The van der Waals surface area contributed by atoms with Crippen molar-refractivity contribution in [2.75, 3.05) is 0 Å². The Balaban J connectivity index is 2.06. The molecule has 2 aromatic carbocycles. The number of hydrogen-bond donors (Lipinski definition) is 0. The fourth-order valence-corrected chi connectivity index (χ4v) is 5.44. The molecule has 110 valence electrons. The molecule has 0 radical (unpaired) electrons. The van der Waals surface area contributed by atoms with Crippen molar-refractivity contribution in [3.63, 3.8) is 0 Å². The number of carbonyl (C=O) groups excluding carboxylic acids is 1. The van der Waals surface area contributed by atoms with E-state index >= 15 is 0 Å². The first-order valence-corrected chi connectivity index (χ1v) is 10.6. The predicted molar refractivity (Wildman–Crippen MR) is 83.0 cm³/mol. The summed E-state index contributed by atoms with van der Waals surface area (Å²) in [6.45, 7) is 1.39. The van der Waals surface area contributed by atoms with E-state index in [1.54, 1.807) is 0 Å². The van der Waals surface area contributed by atoms with Crippen LogP contribution in [0.1, 0.15) is 12.5 Å². The molecule has 0 aromatic heterocycles. The molecule has 2 aromatic rings. The summed E-state index contributed by atoms with van der Waals surface area (Å²) in [6, 6.07) is 19.3. The zero-order valence-corrected chi connectivity index (χ0v) is 14.2. The van der Waals surface area contributed by atoms with Gasteiger partial charge >= 0.3 is 132 Å². The van der Waals surface area contributed by atoms with Gasteiger partial charge in [0.2, 0.25) is 0 Å². The summed E-state index contributed by atoms with van der Waals surface area (Å²) in [5.41, 5.74) is 1.09. The molecule has 0 aliphatic carbocycles. The average molecular weight is 398 g/mol. The van der Waals surface area contributed by atoms with Crippen LogP contribution in [0.3, 0.4) is 0 Å². The van der Waals surface area contributed by atoms with E-state index in [1.165, 1.54) is 6.92 Å². The fraction of sp³-hybridized carbons (Fsp3) is 0.235. The number of rotatable bonds is 6. The van der Waals surface area contributed by atoms with Crippen molar-refractivity contribution in [3.05, 3.63) is 66.2 Å². The van der Waals surface area contributed by atoms with Crippen LogP contribution < -0.4 is 3.61 Å². The molecule has 1 atom stereocenters. The van der Waals surface area contributed by atoms with Crippen molar-refractivity contribution in [2.45, 2.75) is 23.9 Å². The van der Waals surface area contributed by atoms with Crippen LogP contribution in [0.4, 0.5) is 0 Å². The summed E-state index contributed by atoms with van der Waals surface area (Å²) in [5.74, 6) is -0.324. The Morgan fingerprint density at radius 2 is 1.62 bits per heavy atom. The van der Waals surface area contributed by atoms with Gasteiger partial charge in [-0.25, -0.2) is 0 Å². The van der Waals surface area contributed by atoms with E-state index in [4.69, 9.17) is 4.74 Å². The Morgan fingerprint density at radius 3 is 2.19 bits per heavy atom. The molecule has 2 rings (SSSR count). The van der Waals surface area contributed by atoms with Crippen LogP contribution >= 0.6 is 0 Å². The molecule has 0 spiro atoms. The quantitative estimate of drug-likeness (QED) is 0.555. The molecule has 0 bridgehead atoms. The fourth-order valence-electron chi connectivity index (χ4n) is 2.08. The van der Waals surface area contributed by atoms with Gasteiger partial charge in [-0.1, -0.05) is 0 Å². The molecule has 4 heteroatoms. The second kappa shape index (κ2) is 8.07. The van der Waals surface area contributed by atoms with Gasteiger partial charge in [-0.2, -0.15) is 0 Å². The van der Waals surface area contributed by atoms with E-state index in [2.05, 4.69) is 0 Å². The Kier molecular flexibility index (Phi) is 6.10. The van der Waals surface area contributed by atoms with Gasteiger partial charge in [0.1, 0.15) is 0 Å². The minimum atomic E-state index is -2.67. The second-order valence-corrected chi connectivity index (χ2v) is 9.02. The number of hydrogen-bond acceptors (Lipinski definition) is 3. The Labute approximate surface area is 132 Å². The third-order valence-electron chi connectivity index (χ3n) is 2.98. The molecule has 0 saturated carbocycles.